The van der Waals surface area contributed by atoms with Gasteiger partial charge in [-0.05, 0) is 37.1 Å². The van der Waals surface area contributed by atoms with Crippen LogP contribution in [-0.4, -0.2) is 44.4 Å². The van der Waals surface area contributed by atoms with Gasteiger partial charge in [-0.15, -0.1) is 15.3 Å². The second-order valence-electron chi connectivity index (χ2n) is 7.38. The number of rotatable bonds is 5. The summed E-state index contributed by atoms with van der Waals surface area (Å²) in [6.45, 7) is 2.30. The smallest absolute Gasteiger partial charge is 0.370 e. The van der Waals surface area contributed by atoms with Crippen LogP contribution < -0.4 is 10.2 Å². The summed E-state index contributed by atoms with van der Waals surface area (Å²) in [4.78, 5) is 6.01. The molecule has 0 aromatic carbocycles. The predicted molar refractivity (Wildman–Crippen MR) is 96.2 cm³/mol. The molecular weight excluding hydrogens is 371 g/mol. The summed E-state index contributed by atoms with van der Waals surface area (Å²) in [5, 5.41) is 16.2. The first-order valence-electron chi connectivity index (χ1n) is 9.22. The molecule has 3 aromatic heterocycles. The Labute approximate surface area is 158 Å². The third-order valence-corrected chi connectivity index (χ3v) is 5.16. The lowest BCUT2D eigenvalue weighted by Crippen LogP contribution is -2.50. The van der Waals surface area contributed by atoms with E-state index in [2.05, 4.69) is 30.5 Å². The van der Waals surface area contributed by atoms with Gasteiger partial charge in [-0.2, -0.15) is 17.7 Å². The highest BCUT2D eigenvalue weighted by Crippen LogP contribution is 2.39. The fourth-order valence-electron chi connectivity index (χ4n) is 3.36. The van der Waals surface area contributed by atoms with Crippen LogP contribution in [0.15, 0.2) is 30.5 Å². The molecular formula is C18H18F3N7. The third-order valence-electron chi connectivity index (χ3n) is 5.16. The molecule has 10 heteroatoms. The van der Waals surface area contributed by atoms with Crippen LogP contribution in [0, 0.1) is 5.92 Å². The highest BCUT2D eigenvalue weighted by atomic mass is 19.4. The SMILES string of the molecule is FC(F)(F)c1ccc(NCC2CN(c3ccc4nnc(C5CC5)n4n3)C2)nc1. The first-order chi connectivity index (χ1) is 13.5. The monoisotopic (exact) mass is 389 g/mol. The summed E-state index contributed by atoms with van der Waals surface area (Å²) < 4.78 is 39.5. The number of aromatic nitrogens is 5. The van der Waals surface area contributed by atoms with Gasteiger partial charge < -0.3 is 10.2 Å². The van der Waals surface area contributed by atoms with Crippen molar-refractivity contribution in [3.05, 3.63) is 41.9 Å². The number of halogens is 3. The molecule has 5 rings (SSSR count). The molecule has 28 heavy (non-hydrogen) atoms. The van der Waals surface area contributed by atoms with Gasteiger partial charge in [0.2, 0.25) is 0 Å². The molecule has 146 valence electrons. The minimum atomic E-state index is -4.36. The lowest BCUT2D eigenvalue weighted by atomic mass is 10.0. The zero-order valence-corrected chi connectivity index (χ0v) is 14.9. The van der Waals surface area contributed by atoms with Crippen molar-refractivity contribution in [1.29, 1.82) is 0 Å². The van der Waals surface area contributed by atoms with Gasteiger partial charge >= 0.3 is 6.18 Å². The van der Waals surface area contributed by atoms with Crippen molar-refractivity contribution in [3.63, 3.8) is 0 Å². The second-order valence-corrected chi connectivity index (χ2v) is 7.38. The summed E-state index contributed by atoms with van der Waals surface area (Å²) in [5.74, 6) is 3.12. The summed E-state index contributed by atoms with van der Waals surface area (Å²) >= 11 is 0. The lowest BCUT2D eigenvalue weighted by Gasteiger charge is -2.40. The van der Waals surface area contributed by atoms with E-state index in [1.807, 2.05) is 16.6 Å². The number of fused-ring (bicyclic) bond motifs is 1. The Balaban J connectivity index is 1.17. The summed E-state index contributed by atoms with van der Waals surface area (Å²) in [6.07, 6.45) is -1.23. The highest BCUT2D eigenvalue weighted by Gasteiger charge is 2.32. The van der Waals surface area contributed by atoms with E-state index < -0.39 is 11.7 Å². The van der Waals surface area contributed by atoms with E-state index in [9.17, 15) is 13.2 Å². The van der Waals surface area contributed by atoms with E-state index >= 15 is 0 Å². The van der Waals surface area contributed by atoms with Crippen LogP contribution in [0.5, 0.6) is 0 Å². The molecule has 1 aliphatic heterocycles. The Hall–Kier alpha value is -2.91. The van der Waals surface area contributed by atoms with Crippen LogP contribution in [0.2, 0.25) is 0 Å². The molecule has 0 atom stereocenters. The van der Waals surface area contributed by atoms with Crippen molar-refractivity contribution in [1.82, 2.24) is 24.8 Å². The van der Waals surface area contributed by atoms with Gasteiger partial charge in [0, 0.05) is 37.7 Å². The quantitative estimate of drug-likeness (QED) is 0.724. The van der Waals surface area contributed by atoms with Gasteiger partial charge in [0.15, 0.2) is 11.5 Å². The van der Waals surface area contributed by atoms with Crippen LogP contribution >= 0.6 is 0 Å². The first-order valence-corrected chi connectivity index (χ1v) is 9.22. The maximum absolute atomic E-state index is 12.6. The Bertz CT molecular complexity index is 989. The van der Waals surface area contributed by atoms with Crippen molar-refractivity contribution < 1.29 is 13.2 Å². The molecule has 0 unspecified atom stereocenters. The van der Waals surface area contributed by atoms with Crippen LogP contribution in [0.4, 0.5) is 24.8 Å². The molecule has 2 aliphatic rings. The van der Waals surface area contributed by atoms with Gasteiger partial charge in [-0.3, -0.25) is 0 Å². The van der Waals surface area contributed by atoms with Crippen molar-refractivity contribution in [3.8, 4) is 0 Å². The normalized spacial score (nSPS) is 17.8. The average Bonchev–Trinajstić information content (AvgIpc) is 3.39. The van der Waals surface area contributed by atoms with E-state index in [1.165, 1.54) is 6.07 Å². The lowest BCUT2D eigenvalue weighted by molar-refractivity contribution is -0.137. The van der Waals surface area contributed by atoms with Crippen molar-refractivity contribution in [2.75, 3.05) is 29.9 Å². The Kier molecular flexibility index (Phi) is 3.88. The minimum Gasteiger partial charge on any atom is -0.370 e. The molecule has 0 amide bonds. The zero-order valence-electron chi connectivity index (χ0n) is 14.9. The summed E-state index contributed by atoms with van der Waals surface area (Å²) in [5.41, 5.74) is 0.0201. The number of nitrogens with one attached hydrogen (secondary N) is 1. The topological polar surface area (TPSA) is 71.2 Å². The average molecular weight is 389 g/mol. The number of nitrogens with zero attached hydrogens (tertiary/aromatic N) is 6. The maximum atomic E-state index is 12.6. The van der Waals surface area contributed by atoms with Crippen molar-refractivity contribution in [2.45, 2.75) is 24.9 Å². The number of hydrogen-bond donors (Lipinski definition) is 1. The van der Waals surface area contributed by atoms with Gasteiger partial charge in [0.25, 0.3) is 0 Å². The number of alkyl halides is 3. The first kappa shape index (κ1) is 17.2. The Morgan fingerprint density at radius 2 is 1.89 bits per heavy atom. The summed E-state index contributed by atoms with van der Waals surface area (Å²) in [7, 11) is 0. The summed E-state index contributed by atoms with van der Waals surface area (Å²) in [6, 6.07) is 6.28. The minimum absolute atomic E-state index is 0.380. The van der Waals surface area contributed by atoms with E-state index in [4.69, 9.17) is 0 Å². The highest BCUT2D eigenvalue weighted by molar-refractivity contribution is 5.48. The molecule has 1 aliphatic carbocycles. The molecule has 0 bridgehead atoms. The molecule has 3 aromatic rings. The molecule has 0 spiro atoms. The van der Waals surface area contributed by atoms with Crippen LogP contribution in [0.1, 0.15) is 30.1 Å². The van der Waals surface area contributed by atoms with E-state index in [0.717, 1.165) is 55.5 Å². The zero-order chi connectivity index (χ0) is 19.3. The maximum Gasteiger partial charge on any atom is 0.417 e. The van der Waals surface area contributed by atoms with Crippen molar-refractivity contribution in [2.24, 2.45) is 5.92 Å². The number of pyridine rings is 1. The van der Waals surface area contributed by atoms with Gasteiger partial charge in [-0.25, -0.2) is 4.98 Å². The fourth-order valence-corrected chi connectivity index (χ4v) is 3.36. The standard InChI is InChI=1S/C18H18F3N7/c19-18(20,21)13-3-4-14(23-8-13)22-7-11-9-27(10-11)16-6-5-15-24-25-17(12-1-2-12)28(15)26-16/h3-6,8,11-12H,1-2,7,9-10H2,(H,22,23). The van der Waals surface area contributed by atoms with Crippen LogP contribution in [-0.2, 0) is 6.18 Å². The van der Waals surface area contributed by atoms with Gasteiger partial charge in [0.05, 0.1) is 5.56 Å². The largest absolute Gasteiger partial charge is 0.417 e. The second kappa shape index (κ2) is 6.32. The third kappa shape index (κ3) is 3.23. The molecule has 7 nitrogen and oxygen atoms in total. The predicted octanol–water partition coefficient (Wildman–Crippen LogP) is 2.96. The van der Waals surface area contributed by atoms with E-state index in [0.29, 0.717) is 24.2 Å². The molecule has 4 heterocycles. The molecule has 0 radical (unpaired) electrons. The van der Waals surface area contributed by atoms with Crippen molar-refractivity contribution >= 4 is 17.3 Å². The molecule has 2 fully saturated rings. The molecule has 1 saturated carbocycles. The Morgan fingerprint density at radius 3 is 2.57 bits per heavy atom. The molecule has 1 N–H and O–H groups in total. The fraction of sp³-hybridized carbons (Fsp3) is 0.444. The Morgan fingerprint density at radius 1 is 1.07 bits per heavy atom. The van der Waals surface area contributed by atoms with E-state index in [1.54, 1.807) is 0 Å². The van der Waals surface area contributed by atoms with Gasteiger partial charge in [0.1, 0.15) is 11.6 Å². The van der Waals surface area contributed by atoms with Crippen LogP contribution in [0.3, 0.4) is 0 Å². The molecule has 1 saturated heterocycles. The number of hydrogen-bond acceptors (Lipinski definition) is 6. The van der Waals surface area contributed by atoms with Gasteiger partial charge in [-0.1, -0.05) is 0 Å². The van der Waals surface area contributed by atoms with Crippen LogP contribution in [0.25, 0.3) is 5.65 Å². The number of anilines is 2. The van der Waals surface area contributed by atoms with E-state index in [-0.39, 0.29) is 0 Å².